The third kappa shape index (κ3) is 3.73. The standard InChI is InChI=1S/C18H15ClFN3O3S/c19-13-7-5-12(6-8-13)18-22-21-17(26-18)11-23(14-9-10-14)27(24,25)16-4-2-1-3-15(16)20/h1-8,14H,9-11H2. The molecular weight excluding hydrogens is 393 g/mol. The van der Waals surface area contributed by atoms with Gasteiger partial charge in [-0.3, -0.25) is 0 Å². The lowest BCUT2D eigenvalue weighted by molar-refractivity contribution is 0.349. The van der Waals surface area contributed by atoms with Gasteiger partial charge in [-0.15, -0.1) is 10.2 Å². The Bertz CT molecular complexity index is 1070. The SMILES string of the molecule is O=S(=O)(c1ccccc1F)N(Cc1nnc(-c2ccc(Cl)cc2)o1)C1CC1. The van der Waals surface area contributed by atoms with Gasteiger partial charge in [0.15, 0.2) is 0 Å². The van der Waals surface area contributed by atoms with Gasteiger partial charge in [-0.2, -0.15) is 4.31 Å². The molecule has 1 fully saturated rings. The van der Waals surface area contributed by atoms with E-state index in [1.54, 1.807) is 24.3 Å². The van der Waals surface area contributed by atoms with Crippen LogP contribution in [-0.2, 0) is 16.6 Å². The monoisotopic (exact) mass is 407 g/mol. The van der Waals surface area contributed by atoms with Crippen molar-refractivity contribution in [3.05, 3.63) is 65.3 Å². The van der Waals surface area contributed by atoms with Gasteiger partial charge in [-0.25, -0.2) is 12.8 Å². The average Bonchev–Trinajstić information content (AvgIpc) is 3.38. The topological polar surface area (TPSA) is 76.3 Å². The largest absolute Gasteiger partial charge is 0.419 e. The van der Waals surface area contributed by atoms with E-state index in [1.165, 1.54) is 22.5 Å². The molecule has 1 aliphatic carbocycles. The Morgan fingerprint density at radius 1 is 1.11 bits per heavy atom. The first-order valence-corrected chi connectivity index (χ1v) is 10.1. The van der Waals surface area contributed by atoms with Gasteiger partial charge in [0.05, 0.1) is 6.54 Å². The maximum atomic E-state index is 14.1. The molecule has 0 saturated heterocycles. The molecule has 0 aliphatic heterocycles. The fraction of sp³-hybridized carbons (Fsp3) is 0.222. The van der Waals surface area contributed by atoms with Crippen molar-refractivity contribution in [3.8, 4) is 11.5 Å². The number of hydrogen-bond acceptors (Lipinski definition) is 5. The molecule has 9 heteroatoms. The van der Waals surface area contributed by atoms with Gasteiger partial charge in [0.1, 0.15) is 10.7 Å². The summed E-state index contributed by atoms with van der Waals surface area (Å²) in [6, 6.07) is 12.0. The number of halogens is 2. The molecule has 6 nitrogen and oxygen atoms in total. The Morgan fingerprint density at radius 3 is 2.48 bits per heavy atom. The van der Waals surface area contributed by atoms with E-state index in [-0.39, 0.29) is 29.3 Å². The molecule has 0 spiro atoms. The molecule has 140 valence electrons. The molecule has 0 unspecified atom stereocenters. The van der Waals surface area contributed by atoms with E-state index in [2.05, 4.69) is 10.2 Å². The first-order chi connectivity index (χ1) is 12.9. The zero-order valence-electron chi connectivity index (χ0n) is 14.0. The Kier molecular flexibility index (Phi) is 4.71. The lowest BCUT2D eigenvalue weighted by Gasteiger charge is -2.20. The Balaban J connectivity index is 1.62. The van der Waals surface area contributed by atoms with Gasteiger partial charge >= 0.3 is 0 Å². The minimum absolute atomic E-state index is 0.109. The van der Waals surface area contributed by atoms with Crippen LogP contribution in [0.3, 0.4) is 0 Å². The summed E-state index contributed by atoms with van der Waals surface area (Å²) >= 11 is 5.87. The summed E-state index contributed by atoms with van der Waals surface area (Å²) < 4.78 is 46.8. The molecule has 0 N–H and O–H groups in total. The normalized spacial score (nSPS) is 14.6. The molecule has 1 aromatic heterocycles. The van der Waals surface area contributed by atoms with E-state index in [9.17, 15) is 12.8 Å². The van der Waals surface area contributed by atoms with Crippen molar-refractivity contribution in [2.75, 3.05) is 0 Å². The van der Waals surface area contributed by atoms with Gasteiger partial charge < -0.3 is 4.42 Å². The molecule has 1 heterocycles. The second kappa shape index (κ2) is 7.03. The first-order valence-electron chi connectivity index (χ1n) is 8.30. The third-order valence-corrected chi connectivity index (χ3v) is 6.41. The van der Waals surface area contributed by atoms with Crippen molar-refractivity contribution in [2.24, 2.45) is 0 Å². The molecule has 3 aromatic rings. The van der Waals surface area contributed by atoms with E-state index in [0.29, 0.717) is 23.4 Å². The van der Waals surface area contributed by atoms with Crippen LogP contribution in [0.25, 0.3) is 11.5 Å². The summed E-state index contributed by atoms with van der Waals surface area (Å²) in [4.78, 5) is -0.352. The van der Waals surface area contributed by atoms with E-state index in [4.69, 9.17) is 16.0 Å². The predicted octanol–water partition coefficient (Wildman–Crippen LogP) is 3.88. The quantitative estimate of drug-likeness (QED) is 0.619. The van der Waals surface area contributed by atoms with Gasteiger partial charge in [-0.05, 0) is 49.2 Å². The van der Waals surface area contributed by atoms with Crippen LogP contribution in [0.1, 0.15) is 18.7 Å². The maximum absolute atomic E-state index is 14.1. The van der Waals surface area contributed by atoms with E-state index in [1.807, 2.05) is 0 Å². The highest BCUT2D eigenvalue weighted by atomic mass is 35.5. The van der Waals surface area contributed by atoms with Crippen LogP contribution < -0.4 is 0 Å². The van der Waals surface area contributed by atoms with Crippen LogP contribution in [0.15, 0.2) is 57.8 Å². The summed E-state index contributed by atoms with van der Waals surface area (Å²) in [6.45, 7) is -0.109. The lowest BCUT2D eigenvalue weighted by Crippen LogP contribution is -2.33. The highest BCUT2D eigenvalue weighted by molar-refractivity contribution is 7.89. The minimum atomic E-state index is -4.01. The molecular formula is C18H15ClFN3O3S. The highest BCUT2D eigenvalue weighted by Gasteiger charge is 2.40. The lowest BCUT2D eigenvalue weighted by atomic mass is 10.2. The number of aromatic nitrogens is 2. The van der Waals surface area contributed by atoms with Crippen molar-refractivity contribution in [1.29, 1.82) is 0 Å². The molecule has 4 rings (SSSR count). The van der Waals surface area contributed by atoms with Crippen LogP contribution in [-0.4, -0.2) is 29.0 Å². The Morgan fingerprint density at radius 2 is 1.81 bits per heavy atom. The molecule has 1 aliphatic rings. The van der Waals surface area contributed by atoms with Crippen LogP contribution in [0.5, 0.6) is 0 Å². The smallest absolute Gasteiger partial charge is 0.247 e. The molecule has 1 saturated carbocycles. The molecule has 2 aromatic carbocycles. The second-order valence-electron chi connectivity index (χ2n) is 6.22. The number of benzene rings is 2. The zero-order chi connectivity index (χ0) is 19.0. The van der Waals surface area contributed by atoms with Crippen molar-refractivity contribution in [2.45, 2.75) is 30.3 Å². The fourth-order valence-corrected chi connectivity index (χ4v) is 4.54. The van der Waals surface area contributed by atoms with Crippen LogP contribution in [0.2, 0.25) is 5.02 Å². The summed E-state index contributed by atoms with van der Waals surface area (Å²) in [5, 5.41) is 8.49. The summed E-state index contributed by atoms with van der Waals surface area (Å²) in [5.74, 6) is -0.372. The minimum Gasteiger partial charge on any atom is -0.419 e. The van der Waals surface area contributed by atoms with Crippen LogP contribution in [0, 0.1) is 5.82 Å². The molecule has 0 radical (unpaired) electrons. The number of nitrogens with zero attached hydrogens (tertiary/aromatic N) is 3. The third-order valence-electron chi connectivity index (χ3n) is 4.23. The summed E-state index contributed by atoms with van der Waals surface area (Å²) in [5.41, 5.74) is 0.674. The number of rotatable bonds is 6. The van der Waals surface area contributed by atoms with Gasteiger partial charge in [0, 0.05) is 16.6 Å². The van der Waals surface area contributed by atoms with E-state index in [0.717, 1.165) is 6.07 Å². The number of hydrogen-bond donors (Lipinski definition) is 0. The van der Waals surface area contributed by atoms with E-state index < -0.39 is 15.8 Å². The van der Waals surface area contributed by atoms with Crippen molar-refractivity contribution in [1.82, 2.24) is 14.5 Å². The maximum Gasteiger partial charge on any atom is 0.247 e. The van der Waals surface area contributed by atoms with Gasteiger partial charge in [0.25, 0.3) is 0 Å². The van der Waals surface area contributed by atoms with Crippen molar-refractivity contribution >= 4 is 21.6 Å². The fourth-order valence-electron chi connectivity index (χ4n) is 2.71. The van der Waals surface area contributed by atoms with Gasteiger partial charge in [-0.1, -0.05) is 23.7 Å². The van der Waals surface area contributed by atoms with Crippen molar-refractivity contribution < 1.29 is 17.2 Å². The Hall–Kier alpha value is -2.29. The van der Waals surface area contributed by atoms with E-state index >= 15 is 0 Å². The summed E-state index contributed by atoms with van der Waals surface area (Å²) in [7, 11) is -4.01. The average molecular weight is 408 g/mol. The zero-order valence-corrected chi connectivity index (χ0v) is 15.6. The molecule has 27 heavy (non-hydrogen) atoms. The highest BCUT2D eigenvalue weighted by Crippen LogP contribution is 2.34. The summed E-state index contributed by atoms with van der Waals surface area (Å²) in [6.07, 6.45) is 1.43. The van der Waals surface area contributed by atoms with Gasteiger partial charge in [0.2, 0.25) is 21.8 Å². The predicted molar refractivity (Wildman–Crippen MR) is 96.9 cm³/mol. The molecule has 0 bridgehead atoms. The molecule has 0 amide bonds. The van der Waals surface area contributed by atoms with Crippen LogP contribution >= 0.6 is 11.6 Å². The Labute approximate surface area is 160 Å². The van der Waals surface area contributed by atoms with Crippen molar-refractivity contribution in [3.63, 3.8) is 0 Å². The van der Waals surface area contributed by atoms with Crippen LogP contribution in [0.4, 0.5) is 4.39 Å². The molecule has 0 atom stereocenters. The second-order valence-corrected chi connectivity index (χ2v) is 8.52. The first kappa shape index (κ1) is 18.1. The number of sulfonamides is 1.